The highest BCUT2D eigenvalue weighted by Gasteiger charge is 2.33. The van der Waals surface area contributed by atoms with Gasteiger partial charge in [-0.25, -0.2) is 5.10 Å². The van der Waals surface area contributed by atoms with E-state index in [0.717, 1.165) is 12.5 Å². The Morgan fingerprint density at radius 1 is 1.36 bits per heavy atom. The molecule has 0 aliphatic carbocycles. The highest BCUT2D eigenvalue weighted by molar-refractivity contribution is 6.33. The summed E-state index contributed by atoms with van der Waals surface area (Å²) in [5, 5.41) is 9.21. The van der Waals surface area contributed by atoms with Crippen molar-refractivity contribution >= 4 is 17.3 Å². The fourth-order valence-corrected chi connectivity index (χ4v) is 3.16. The molecule has 1 fully saturated rings. The Bertz CT molecular complexity index is 808. The summed E-state index contributed by atoms with van der Waals surface area (Å²) >= 11 is 5.99. The van der Waals surface area contributed by atoms with Crippen molar-refractivity contribution in [3.8, 4) is 0 Å². The summed E-state index contributed by atoms with van der Waals surface area (Å²) in [4.78, 5) is 13.4. The van der Waals surface area contributed by atoms with Crippen LogP contribution in [0.15, 0.2) is 35.3 Å². The van der Waals surface area contributed by atoms with Crippen LogP contribution in [0.3, 0.4) is 0 Å². The van der Waals surface area contributed by atoms with Crippen LogP contribution >= 0.6 is 11.6 Å². The molecule has 9 heteroatoms. The minimum atomic E-state index is -4.37. The third kappa shape index (κ3) is 3.96. The molecule has 1 aliphatic rings. The van der Waals surface area contributed by atoms with E-state index in [1.165, 1.54) is 18.3 Å². The van der Waals surface area contributed by atoms with E-state index in [9.17, 15) is 18.0 Å². The quantitative estimate of drug-likeness (QED) is 0.866. The lowest BCUT2D eigenvalue weighted by Crippen LogP contribution is -2.33. The normalized spacial score (nSPS) is 17.9. The molecule has 3 rings (SSSR count). The van der Waals surface area contributed by atoms with Gasteiger partial charge in [-0.1, -0.05) is 29.8 Å². The number of alkyl halides is 3. The first-order chi connectivity index (χ1) is 11.9. The number of nitrogens with one attached hydrogen (secondary N) is 2. The molecule has 2 aromatic rings. The van der Waals surface area contributed by atoms with Gasteiger partial charge in [0.05, 0.1) is 17.4 Å². The Kier molecular flexibility index (Phi) is 5.01. The summed E-state index contributed by atoms with van der Waals surface area (Å²) < 4.78 is 39.1. The molecule has 0 bridgehead atoms. The number of nitrogens with zero attached hydrogens (tertiary/aromatic N) is 2. The van der Waals surface area contributed by atoms with Gasteiger partial charge in [-0.15, -0.1) is 0 Å². The van der Waals surface area contributed by atoms with Crippen molar-refractivity contribution in [1.82, 2.24) is 15.5 Å². The van der Waals surface area contributed by atoms with Crippen molar-refractivity contribution in [1.29, 1.82) is 0 Å². The lowest BCUT2D eigenvalue weighted by molar-refractivity contribution is -0.138. The molecule has 0 saturated carbocycles. The van der Waals surface area contributed by atoms with E-state index in [1.54, 1.807) is 6.07 Å². The summed E-state index contributed by atoms with van der Waals surface area (Å²) in [5.74, 6) is 0. The van der Waals surface area contributed by atoms with Crippen LogP contribution in [0.4, 0.5) is 18.9 Å². The van der Waals surface area contributed by atoms with Crippen molar-refractivity contribution in [2.75, 3.05) is 18.0 Å². The predicted octanol–water partition coefficient (Wildman–Crippen LogP) is 2.81. The van der Waals surface area contributed by atoms with Crippen molar-refractivity contribution < 1.29 is 13.2 Å². The minimum Gasteiger partial charge on any atom is -0.367 e. The molecule has 1 aliphatic heterocycles. The number of hydrogen-bond acceptors (Lipinski definition) is 4. The molecule has 5 nitrogen and oxygen atoms in total. The number of anilines is 1. The number of hydrogen-bond donors (Lipinski definition) is 2. The minimum absolute atomic E-state index is 0.00311. The summed E-state index contributed by atoms with van der Waals surface area (Å²) in [6.07, 6.45) is -2.16. The van der Waals surface area contributed by atoms with E-state index in [2.05, 4.69) is 15.5 Å². The molecule has 1 saturated heterocycles. The summed E-state index contributed by atoms with van der Waals surface area (Å²) in [6.45, 7) is 1.30. The monoisotopic (exact) mass is 372 g/mol. The van der Waals surface area contributed by atoms with Gasteiger partial charge in [-0.3, -0.25) is 4.79 Å². The number of benzene rings is 1. The first kappa shape index (κ1) is 17.8. The Balaban J connectivity index is 1.65. The van der Waals surface area contributed by atoms with Crippen LogP contribution in [-0.2, 0) is 12.7 Å². The van der Waals surface area contributed by atoms with Gasteiger partial charge < -0.3 is 10.2 Å². The molecule has 0 radical (unpaired) electrons. The van der Waals surface area contributed by atoms with Crippen LogP contribution in [0.2, 0.25) is 5.02 Å². The molecule has 1 aromatic carbocycles. The van der Waals surface area contributed by atoms with Crippen LogP contribution < -0.4 is 15.8 Å². The zero-order valence-electron chi connectivity index (χ0n) is 13.1. The number of aromatic amines is 1. The Hall–Kier alpha value is -2.06. The second-order valence-corrected chi connectivity index (χ2v) is 6.24. The van der Waals surface area contributed by atoms with Gasteiger partial charge in [0.2, 0.25) is 0 Å². The van der Waals surface area contributed by atoms with Crippen LogP contribution in [0.1, 0.15) is 17.5 Å². The van der Waals surface area contributed by atoms with E-state index >= 15 is 0 Å². The number of H-pyrrole nitrogens is 1. The van der Waals surface area contributed by atoms with E-state index in [0.29, 0.717) is 18.8 Å². The van der Waals surface area contributed by atoms with Crippen molar-refractivity contribution in [3.63, 3.8) is 0 Å². The molecule has 0 spiro atoms. The van der Waals surface area contributed by atoms with Crippen LogP contribution in [0, 0.1) is 0 Å². The van der Waals surface area contributed by atoms with Crippen LogP contribution in [0.25, 0.3) is 0 Å². The van der Waals surface area contributed by atoms with Crippen molar-refractivity contribution in [2.24, 2.45) is 0 Å². The second-order valence-electron chi connectivity index (χ2n) is 5.87. The SMILES string of the molecule is O=c1[nH]ncc(N2CCC(NCc3ccccc3C(F)(F)F)C2)c1Cl. The van der Waals surface area contributed by atoms with E-state index in [1.807, 2.05) is 4.90 Å². The van der Waals surface area contributed by atoms with E-state index in [-0.39, 0.29) is 23.2 Å². The van der Waals surface area contributed by atoms with Crippen LogP contribution in [0.5, 0.6) is 0 Å². The third-order valence-corrected chi connectivity index (χ3v) is 4.58. The highest BCUT2D eigenvalue weighted by atomic mass is 35.5. The number of halogens is 4. The molecule has 1 aromatic heterocycles. The molecule has 1 atom stereocenters. The van der Waals surface area contributed by atoms with Gasteiger partial charge >= 0.3 is 6.18 Å². The van der Waals surface area contributed by atoms with Gasteiger partial charge in [-0.05, 0) is 18.1 Å². The zero-order chi connectivity index (χ0) is 18.0. The van der Waals surface area contributed by atoms with Crippen molar-refractivity contribution in [3.05, 3.63) is 57.0 Å². The topological polar surface area (TPSA) is 61.0 Å². The molecule has 25 heavy (non-hydrogen) atoms. The Morgan fingerprint density at radius 3 is 2.88 bits per heavy atom. The van der Waals surface area contributed by atoms with Crippen molar-refractivity contribution in [2.45, 2.75) is 25.2 Å². The average Bonchev–Trinajstić information content (AvgIpc) is 3.03. The predicted molar refractivity (Wildman–Crippen MR) is 88.8 cm³/mol. The summed E-state index contributed by atoms with van der Waals surface area (Å²) in [6, 6.07) is 5.52. The largest absolute Gasteiger partial charge is 0.416 e. The lowest BCUT2D eigenvalue weighted by atomic mass is 10.1. The molecular weight excluding hydrogens is 357 g/mol. The fourth-order valence-electron chi connectivity index (χ4n) is 2.95. The van der Waals surface area contributed by atoms with Gasteiger partial charge in [0.25, 0.3) is 5.56 Å². The van der Waals surface area contributed by atoms with Gasteiger partial charge in [0, 0.05) is 25.7 Å². The maximum absolute atomic E-state index is 13.0. The first-order valence-electron chi connectivity index (χ1n) is 7.73. The fraction of sp³-hybridized carbons (Fsp3) is 0.375. The smallest absolute Gasteiger partial charge is 0.367 e. The molecule has 0 amide bonds. The summed E-state index contributed by atoms with van der Waals surface area (Å²) in [7, 11) is 0. The number of rotatable bonds is 4. The van der Waals surface area contributed by atoms with Gasteiger partial charge in [0.15, 0.2) is 0 Å². The van der Waals surface area contributed by atoms with Gasteiger partial charge in [0.1, 0.15) is 5.02 Å². The third-order valence-electron chi connectivity index (χ3n) is 4.21. The molecule has 2 N–H and O–H groups in total. The molecular formula is C16H16ClF3N4O. The molecule has 134 valence electrons. The van der Waals surface area contributed by atoms with E-state index in [4.69, 9.17) is 11.6 Å². The maximum atomic E-state index is 13.0. The molecule has 1 unspecified atom stereocenters. The lowest BCUT2D eigenvalue weighted by Gasteiger charge is -2.20. The highest BCUT2D eigenvalue weighted by Crippen LogP contribution is 2.32. The standard InChI is InChI=1S/C16H16ClF3N4O/c17-14-13(8-22-23-15(14)25)24-6-5-11(9-24)21-7-10-3-1-2-4-12(10)16(18,19)20/h1-4,8,11,21H,5-7,9H2,(H,23,25). The molecule has 2 heterocycles. The Labute approximate surface area is 146 Å². The summed E-state index contributed by atoms with van der Waals surface area (Å²) in [5.41, 5.74) is -0.344. The van der Waals surface area contributed by atoms with Crippen LogP contribution in [-0.4, -0.2) is 29.3 Å². The second kappa shape index (κ2) is 7.05. The first-order valence-corrected chi connectivity index (χ1v) is 8.10. The van der Waals surface area contributed by atoms with Gasteiger partial charge in [-0.2, -0.15) is 18.3 Å². The Morgan fingerprint density at radius 2 is 2.12 bits per heavy atom. The van der Waals surface area contributed by atoms with E-state index < -0.39 is 17.3 Å². The number of aromatic nitrogens is 2. The maximum Gasteiger partial charge on any atom is 0.416 e. The average molecular weight is 373 g/mol. The zero-order valence-corrected chi connectivity index (χ0v) is 13.9.